The number of nitrogens with zero attached hydrogens (tertiary/aromatic N) is 1. The Morgan fingerprint density at radius 3 is 3.05 bits per heavy atom. The van der Waals surface area contributed by atoms with Gasteiger partial charge in [0, 0.05) is 29.4 Å². The minimum atomic E-state index is 0.201. The zero-order chi connectivity index (χ0) is 13.7. The molecule has 2 fully saturated rings. The van der Waals surface area contributed by atoms with Gasteiger partial charge < -0.3 is 10.1 Å². The van der Waals surface area contributed by atoms with Crippen LogP contribution in [0.3, 0.4) is 0 Å². The number of pyridine rings is 1. The summed E-state index contributed by atoms with van der Waals surface area (Å²) < 4.78 is 5.85. The molecule has 3 unspecified atom stereocenters. The van der Waals surface area contributed by atoms with Gasteiger partial charge in [0.1, 0.15) is 0 Å². The zero-order valence-corrected chi connectivity index (χ0v) is 12.0. The van der Waals surface area contributed by atoms with Crippen molar-refractivity contribution in [2.45, 2.75) is 32.4 Å². The first-order valence-electron chi connectivity index (χ1n) is 7.39. The minimum Gasteiger partial charge on any atom is -0.380 e. The third kappa shape index (κ3) is 1.66. The van der Waals surface area contributed by atoms with Gasteiger partial charge in [-0.25, -0.2) is 0 Å². The van der Waals surface area contributed by atoms with Crippen LogP contribution >= 0.6 is 0 Å². The van der Waals surface area contributed by atoms with Crippen LogP contribution in [0.2, 0.25) is 0 Å². The van der Waals surface area contributed by atoms with Crippen molar-refractivity contribution in [3.8, 4) is 0 Å². The highest BCUT2D eigenvalue weighted by molar-refractivity contribution is 5.81. The molecule has 1 N–H and O–H groups in total. The molecule has 0 bridgehead atoms. The van der Waals surface area contributed by atoms with Crippen molar-refractivity contribution >= 4 is 16.6 Å². The molecule has 1 aromatic carbocycles. The number of hydrogen-bond acceptors (Lipinski definition) is 3. The van der Waals surface area contributed by atoms with Crippen molar-refractivity contribution in [1.82, 2.24) is 4.98 Å². The van der Waals surface area contributed by atoms with E-state index in [1.54, 1.807) is 0 Å². The lowest BCUT2D eigenvalue weighted by Gasteiger charge is -2.55. The molecule has 3 nitrogen and oxygen atoms in total. The Morgan fingerprint density at radius 1 is 1.30 bits per heavy atom. The van der Waals surface area contributed by atoms with Crippen LogP contribution in [-0.4, -0.2) is 23.7 Å². The SMILES string of the molecule is CC1(C)C(Nc2cnc3ccccc3c2)C2CCOC21. The van der Waals surface area contributed by atoms with E-state index in [2.05, 4.69) is 42.3 Å². The lowest BCUT2D eigenvalue weighted by Crippen LogP contribution is -2.63. The summed E-state index contributed by atoms with van der Waals surface area (Å²) in [5.74, 6) is 0.650. The number of rotatable bonds is 2. The number of ether oxygens (including phenoxy) is 1. The highest BCUT2D eigenvalue weighted by Crippen LogP contribution is 2.53. The third-order valence-corrected chi connectivity index (χ3v) is 5.01. The Kier molecular flexibility index (Phi) is 2.55. The molecular weight excluding hydrogens is 248 g/mol. The van der Waals surface area contributed by atoms with Crippen LogP contribution in [0.5, 0.6) is 0 Å². The number of aromatic nitrogens is 1. The highest BCUT2D eigenvalue weighted by Gasteiger charge is 2.59. The molecule has 3 heteroatoms. The van der Waals surface area contributed by atoms with Gasteiger partial charge in [0.15, 0.2) is 0 Å². The summed E-state index contributed by atoms with van der Waals surface area (Å²) in [7, 11) is 0. The van der Waals surface area contributed by atoms with Crippen molar-refractivity contribution in [2.24, 2.45) is 11.3 Å². The van der Waals surface area contributed by atoms with Crippen LogP contribution in [0.15, 0.2) is 36.5 Å². The molecule has 104 valence electrons. The summed E-state index contributed by atoms with van der Waals surface area (Å²) in [5, 5.41) is 4.88. The Labute approximate surface area is 119 Å². The normalized spacial score (nSPS) is 30.8. The second kappa shape index (κ2) is 4.19. The number of para-hydroxylation sites is 1. The summed E-state index contributed by atoms with van der Waals surface area (Å²) in [6.45, 7) is 5.50. The Bertz CT molecular complexity index is 652. The standard InChI is InChI=1S/C17H20N2O/c1-17(2)15(13-7-8-20-16(13)17)19-12-9-11-5-3-4-6-14(11)18-10-12/h3-6,9-10,13,15-16,19H,7-8H2,1-2H3. The number of fused-ring (bicyclic) bond motifs is 2. The number of anilines is 1. The van der Waals surface area contributed by atoms with E-state index in [9.17, 15) is 0 Å². The molecule has 1 aliphatic carbocycles. The molecule has 0 amide bonds. The molecule has 3 atom stereocenters. The van der Waals surface area contributed by atoms with Crippen molar-refractivity contribution in [2.75, 3.05) is 11.9 Å². The molecule has 2 heterocycles. The van der Waals surface area contributed by atoms with E-state index >= 15 is 0 Å². The Balaban J connectivity index is 1.61. The Morgan fingerprint density at radius 2 is 2.15 bits per heavy atom. The highest BCUT2D eigenvalue weighted by atomic mass is 16.5. The monoisotopic (exact) mass is 268 g/mol. The second-order valence-corrected chi connectivity index (χ2v) is 6.60. The van der Waals surface area contributed by atoms with Crippen LogP contribution in [0.1, 0.15) is 20.3 Å². The van der Waals surface area contributed by atoms with Crippen molar-refractivity contribution in [1.29, 1.82) is 0 Å². The van der Waals surface area contributed by atoms with Crippen LogP contribution in [0.25, 0.3) is 10.9 Å². The molecule has 2 aliphatic rings. The third-order valence-electron chi connectivity index (χ3n) is 5.01. The van der Waals surface area contributed by atoms with Gasteiger partial charge in [0.05, 0.1) is 23.5 Å². The van der Waals surface area contributed by atoms with E-state index in [4.69, 9.17) is 4.74 Å². The predicted octanol–water partition coefficient (Wildman–Crippen LogP) is 3.46. The van der Waals surface area contributed by atoms with E-state index in [-0.39, 0.29) is 5.41 Å². The fourth-order valence-corrected chi connectivity index (χ4v) is 3.95. The molecule has 1 saturated carbocycles. The van der Waals surface area contributed by atoms with Gasteiger partial charge in [0.25, 0.3) is 0 Å². The molecule has 0 radical (unpaired) electrons. The van der Waals surface area contributed by atoms with Crippen LogP contribution in [-0.2, 0) is 4.74 Å². The fraction of sp³-hybridized carbons (Fsp3) is 0.471. The molecule has 2 aromatic rings. The first kappa shape index (κ1) is 12.2. The van der Waals surface area contributed by atoms with Crippen LogP contribution in [0.4, 0.5) is 5.69 Å². The molecule has 1 saturated heterocycles. The van der Waals surface area contributed by atoms with E-state index in [1.165, 1.54) is 11.8 Å². The number of benzene rings is 1. The van der Waals surface area contributed by atoms with Crippen LogP contribution < -0.4 is 5.32 Å². The van der Waals surface area contributed by atoms with Gasteiger partial charge in [-0.1, -0.05) is 32.0 Å². The predicted molar refractivity (Wildman–Crippen MR) is 80.8 cm³/mol. The summed E-state index contributed by atoms with van der Waals surface area (Å²) in [5.41, 5.74) is 2.37. The van der Waals surface area contributed by atoms with Crippen molar-refractivity contribution in [3.63, 3.8) is 0 Å². The van der Waals surface area contributed by atoms with E-state index in [1.807, 2.05) is 18.3 Å². The molecule has 1 aliphatic heterocycles. The van der Waals surface area contributed by atoms with E-state index in [0.29, 0.717) is 18.1 Å². The van der Waals surface area contributed by atoms with E-state index < -0.39 is 0 Å². The van der Waals surface area contributed by atoms with Gasteiger partial charge >= 0.3 is 0 Å². The Hall–Kier alpha value is -1.61. The summed E-state index contributed by atoms with van der Waals surface area (Å²) in [6.07, 6.45) is 3.54. The molecule has 20 heavy (non-hydrogen) atoms. The number of nitrogens with one attached hydrogen (secondary N) is 1. The largest absolute Gasteiger partial charge is 0.380 e. The maximum Gasteiger partial charge on any atom is 0.0703 e. The average Bonchev–Trinajstić information content (AvgIpc) is 2.91. The number of hydrogen-bond donors (Lipinski definition) is 1. The van der Waals surface area contributed by atoms with Crippen molar-refractivity contribution < 1.29 is 4.74 Å². The molecular formula is C17H20N2O. The van der Waals surface area contributed by atoms with Gasteiger partial charge in [-0.05, 0) is 18.6 Å². The second-order valence-electron chi connectivity index (χ2n) is 6.60. The summed E-state index contributed by atoms with van der Waals surface area (Å²) >= 11 is 0. The minimum absolute atomic E-state index is 0.201. The van der Waals surface area contributed by atoms with Crippen LogP contribution in [0, 0.1) is 11.3 Å². The van der Waals surface area contributed by atoms with Crippen molar-refractivity contribution in [3.05, 3.63) is 36.5 Å². The lowest BCUT2D eigenvalue weighted by molar-refractivity contribution is -0.0923. The fourth-order valence-electron chi connectivity index (χ4n) is 3.95. The lowest BCUT2D eigenvalue weighted by atomic mass is 9.57. The molecule has 1 aromatic heterocycles. The van der Waals surface area contributed by atoms with Gasteiger partial charge in [0.2, 0.25) is 0 Å². The summed E-state index contributed by atoms with van der Waals surface area (Å²) in [4.78, 5) is 4.53. The first-order chi connectivity index (χ1) is 9.66. The average molecular weight is 268 g/mol. The maximum atomic E-state index is 5.85. The van der Waals surface area contributed by atoms with Gasteiger partial charge in [-0.3, -0.25) is 4.98 Å². The first-order valence-corrected chi connectivity index (χ1v) is 7.39. The smallest absolute Gasteiger partial charge is 0.0703 e. The molecule has 0 spiro atoms. The molecule has 4 rings (SSSR count). The van der Waals surface area contributed by atoms with Gasteiger partial charge in [-0.15, -0.1) is 0 Å². The zero-order valence-electron chi connectivity index (χ0n) is 12.0. The van der Waals surface area contributed by atoms with Gasteiger partial charge in [-0.2, -0.15) is 0 Å². The topological polar surface area (TPSA) is 34.2 Å². The summed E-state index contributed by atoms with van der Waals surface area (Å²) in [6, 6.07) is 10.9. The van der Waals surface area contributed by atoms with E-state index in [0.717, 1.165) is 17.8 Å². The maximum absolute atomic E-state index is 5.85. The quantitative estimate of drug-likeness (QED) is 0.905.